The highest BCUT2D eigenvalue weighted by atomic mass is 32.1. The molecule has 11 heteroatoms. The molecule has 0 aliphatic heterocycles. The highest BCUT2D eigenvalue weighted by molar-refractivity contribution is 7.21. The summed E-state index contributed by atoms with van der Waals surface area (Å²) in [5.74, 6) is 0.416. The molecule has 3 atom stereocenters. The predicted octanol–water partition coefficient (Wildman–Crippen LogP) is 3.34. The molecule has 0 aromatic carbocycles. The molecule has 1 fully saturated rings. The molecule has 0 bridgehead atoms. The van der Waals surface area contributed by atoms with Crippen molar-refractivity contribution in [2.75, 3.05) is 23.8 Å². The number of aryl methyl sites for hydroxylation is 2. The van der Waals surface area contributed by atoms with Gasteiger partial charge in [-0.2, -0.15) is 4.98 Å². The third-order valence-corrected chi connectivity index (χ3v) is 8.64. The minimum Gasteiger partial charge on any atom is -0.396 e. The van der Waals surface area contributed by atoms with Crippen molar-refractivity contribution >= 4 is 44.7 Å². The zero-order chi connectivity index (χ0) is 24.6. The molecule has 184 valence electrons. The minimum absolute atomic E-state index is 0.194. The number of aromatic nitrogens is 4. The third kappa shape index (κ3) is 4.74. The second kappa shape index (κ2) is 9.75. The van der Waals surface area contributed by atoms with E-state index in [0.717, 1.165) is 16.6 Å². The Kier molecular flexibility index (Phi) is 6.69. The number of nitrogens with one attached hydrogen (secondary N) is 2. The molecular formula is C24H28N6O3S2. The molecule has 35 heavy (non-hydrogen) atoms. The van der Waals surface area contributed by atoms with Gasteiger partial charge in [-0.1, -0.05) is 0 Å². The van der Waals surface area contributed by atoms with Crippen LogP contribution in [0.15, 0.2) is 29.9 Å². The number of pyridine rings is 1. The fourth-order valence-corrected chi connectivity index (χ4v) is 6.41. The average molecular weight is 513 g/mol. The Morgan fingerprint density at radius 2 is 2.06 bits per heavy atom. The SMILES string of the molecule is Cc1ccsc1CCNc1nc(C)c(-c2nc3cnccc3s2)c(NC2(O)CCC(CO)C2O)n1. The molecule has 1 aliphatic carbocycles. The molecule has 1 saturated carbocycles. The van der Waals surface area contributed by atoms with E-state index in [0.29, 0.717) is 41.0 Å². The lowest BCUT2D eigenvalue weighted by atomic mass is 10.0. The van der Waals surface area contributed by atoms with Gasteiger partial charge >= 0.3 is 0 Å². The zero-order valence-electron chi connectivity index (χ0n) is 19.5. The largest absolute Gasteiger partial charge is 0.396 e. The van der Waals surface area contributed by atoms with Crippen LogP contribution in [0.4, 0.5) is 11.8 Å². The zero-order valence-corrected chi connectivity index (χ0v) is 21.2. The second-order valence-corrected chi connectivity index (χ2v) is 10.9. The minimum atomic E-state index is -1.62. The Labute approximate surface area is 211 Å². The Bertz CT molecular complexity index is 1310. The van der Waals surface area contributed by atoms with Crippen LogP contribution in [-0.4, -0.2) is 60.2 Å². The van der Waals surface area contributed by atoms with Crippen molar-refractivity contribution < 1.29 is 15.3 Å². The summed E-state index contributed by atoms with van der Waals surface area (Å²) in [5, 5.41) is 40.7. The fourth-order valence-electron chi connectivity index (χ4n) is 4.47. The van der Waals surface area contributed by atoms with Gasteiger partial charge in [-0.25, -0.2) is 9.97 Å². The third-order valence-electron chi connectivity index (χ3n) is 6.50. The number of thiazole rings is 1. The van der Waals surface area contributed by atoms with Crippen molar-refractivity contribution in [1.29, 1.82) is 0 Å². The lowest BCUT2D eigenvalue weighted by Crippen LogP contribution is -2.48. The van der Waals surface area contributed by atoms with E-state index in [1.165, 1.54) is 21.8 Å². The smallest absolute Gasteiger partial charge is 0.224 e. The van der Waals surface area contributed by atoms with Gasteiger partial charge in [0.25, 0.3) is 0 Å². The van der Waals surface area contributed by atoms with Gasteiger partial charge in [0.1, 0.15) is 22.4 Å². The van der Waals surface area contributed by atoms with Crippen LogP contribution < -0.4 is 10.6 Å². The van der Waals surface area contributed by atoms with Crippen LogP contribution in [0.1, 0.15) is 29.0 Å². The van der Waals surface area contributed by atoms with Crippen molar-refractivity contribution in [3.8, 4) is 10.6 Å². The lowest BCUT2D eigenvalue weighted by molar-refractivity contribution is -0.0545. The summed E-state index contributed by atoms with van der Waals surface area (Å²) in [6, 6.07) is 4.01. The van der Waals surface area contributed by atoms with E-state index >= 15 is 0 Å². The molecule has 0 saturated heterocycles. The highest BCUT2D eigenvalue weighted by Gasteiger charge is 2.47. The monoisotopic (exact) mass is 512 g/mol. The normalized spacial score (nSPS) is 22.1. The van der Waals surface area contributed by atoms with Crippen molar-refractivity contribution in [3.05, 3.63) is 46.0 Å². The molecule has 4 aromatic rings. The number of fused-ring (bicyclic) bond motifs is 1. The maximum atomic E-state index is 11.3. The first kappa shape index (κ1) is 24.0. The van der Waals surface area contributed by atoms with E-state index in [-0.39, 0.29) is 13.0 Å². The van der Waals surface area contributed by atoms with Crippen molar-refractivity contribution in [2.45, 2.75) is 44.9 Å². The summed E-state index contributed by atoms with van der Waals surface area (Å²) in [6.45, 7) is 4.45. The van der Waals surface area contributed by atoms with Gasteiger partial charge in [0.15, 0.2) is 5.72 Å². The Hall–Kier alpha value is -2.70. The lowest BCUT2D eigenvalue weighted by Gasteiger charge is -2.31. The summed E-state index contributed by atoms with van der Waals surface area (Å²) in [4.78, 5) is 19.6. The average Bonchev–Trinajstić information content (AvgIpc) is 3.51. The van der Waals surface area contributed by atoms with E-state index in [1.807, 2.05) is 13.0 Å². The molecule has 3 unspecified atom stereocenters. The summed E-state index contributed by atoms with van der Waals surface area (Å²) in [7, 11) is 0. The standard InChI is InChI=1S/C24H28N6O3S2/c1-13-6-10-34-17(13)5-9-26-23-27-14(2)19(22-28-16-11-25-8-4-18(16)35-22)21(29-23)30-24(33)7-3-15(12-31)20(24)32/h4,6,8,10-11,15,20,31-33H,3,5,7,9,12H2,1-2H3,(H2,26,27,29,30). The molecule has 0 radical (unpaired) electrons. The maximum absolute atomic E-state index is 11.3. The van der Waals surface area contributed by atoms with Crippen molar-refractivity contribution in [1.82, 2.24) is 19.9 Å². The Morgan fingerprint density at radius 1 is 1.20 bits per heavy atom. The van der Waals surface area contributed by atoms with Crippen LogP contribution in [-0.2, 0) is 6.42 Å². The molecule has 4 aromatic heterocycles. The van der Waals surface area contributed by atoms with E-state index in [1.54, 1.807) is 23.7 Å². The number of nitrogens with zero attached hydrogens (tertiary/aromatic N) is 4. The van der Waals surface area contributed by atoms with E-state index in [4.69, 9.17) is 9.97 Å². The molecule has 9 nitrogen and oxygen atoms in total. The summed E-state index contributed by atoms with van der Waals surface area (Å²) in [5.41, 5.74) is 1.78. The summed E-state index contributed by atoms with van der Waals surface area (Å²) >= 11 is 3.22. The van der Waals surface area contributed by atoms with Gasteiger partial charge in [-0.05, 0) is 56.2 Å². The topological polar surface area (TPSA) is 136 Å². The number of hydrogen-bond donors (Lipinski definition) is 5. The van der Waals surface area contributed by atoms with Crippen LogP contribution >= 0.6 is 22.7 Å². The van der Waals surface area contributed by atoms with Crippen LogP contribution in [0.3, 0.4) is 0 Å². The van der Waals surface area contributed by atoms with Crippen LogP contribution in [0.25, 0.3) is 20.8 Å². The van der Waals surface area contributed by atoms with Crippen LogP contribution in [0.5, 0.6) is 0 Å². The van der Waals surface area contributed by atoms with Gasteiger partial charge in [0.2, 0.25) is 5.95 Å². The first-order valence-electron chi connectivity index (χ1n) is 11.5. The fraction of sp³-hybridized carbons (Fsp3) is 0.417. The molecule has 0 spiro atoms. The number of aliphatic hydroxyl groups is 3. The van der Waals surface area contributed by atoms with Gasteiger partial charge in [-0.3, -0.25) is 4.98 Å². The summed E-state index contributed by atoms with van der Waals surface area (Å²) in [6.07, 6.45) is 3.93. The maximum Gasteiger partial charge on any atom is 0.224 e. The van der Waals surface area contributed by atoms with E-state index in [9.17, 15) is 15.3 Å². The molecule has 4 heterocycles. The number of hydrogen-bond acceptors (Lipinski definition) is 11. The summed E-state index contributed by atoms with van der Waals surface area (Å²) < 4.78 is 0.980. The number of aliphatic hydroxyl groups excluding tert-OH is 2. The van der Waals surface area contributed by atoms with Gasteiger partial charge < -0.3 is 26.0 Å². The van der Waals surface area contributed by atoms with E-state index < -0.39 is 17.7 Å². The van der Waals surface area contributed by atoms with Gasteiger partial charge in [-0.15, -0.1) is 22.7 Å². The molecular weight excluding hydrogens is 484 g/mol. The Morgan fingerprint density at radius 3 is 2.77 bits per heavy atom. The van der Waals surface area contributed by atoms with Gasteiger partial charge in [0.05, 0.1) is 22.2 Å². The quantitative estimate of drug-likeness (QED) is 0.225. The van der Waals surface area contributed by atoms with Crippen LogP contribution in [0.2, 0.25) is 0 Å². The Balaban J connectivity index is 1.49. The second-order valence-electron chi connectivity index (χ2n) is 8.90. The molecule has 5 rings (SSSR count). The highest BCUT2D eigenvalue weighted by Crippen LogP contribution is 2.40. The molecule has 1 aliphatic rings. The van der Waals surface area contributed by atoms with Crippen molar-refractivity contribution in [3.63, 3.8) is 0 Å². The van der Waals surface area contributed by atoms with Crippen LogP contribution in [0, 0.1) is 19.8 Å². The van der Waals surface area contributed by atoms with Crippen molar-refractivity contribution in [2.24, 2.45) is 5.92 Å². The van der Waals surface area contributed by atoms with E-state index in [2.05, 4.69) is 39.0 Å². The first-order valence-corrected chi connectivity index (χ1v) is 13.2. The first-order chi connectivity index (χ1) is 16.9. The van der Waals surface area contributed by atoms with Gasteiger partial charge in [0, 0.05) is 30.1 Å². The predicted molar refractivity (Wildman–Crippen MR) is 139 cm³/mol. The number of thiophene rings is 1. The number of rotatable bonds is 8. The molecule has 0 amide bonds. The molecule has 5 N–H and O–H groups in total. The number of anilines is 2.